The van der Waals surface area contributed by atoms with Crippen LogP contribution in [0, 0.1) is 11.3 Å². The fraction of sp³-hybridized carbons (Fsp3) is 0.273. The Hall–Kier alpha value is -3.75. The van der Waals surface area contributed by atoms with Crippen molar-refractivity contribution in [3.63, 3.8) is 0 Å². The van der Waals surface area contributed by atoms with E-state index in [1.54, 1.807) is 12.5 Å². The number of pyridine rings is 2. The minimum atomic E-state index is -3.81. The maximum Gasteiger partial charge on any atom is 0.258 e. The minimum absolute atomic E-state index is 0.0518. The van der Waals surface area contributed by atoms with Gasteiger partial charge in [-0.1, -0.05) is 6.92 Å². The predicted molar refractivity (Wildman–Crippen MR) is 121 cm³/mol. The number of aromatic amines is 1. The van der Waals surface area contributed by atoms with E-state index in [2.05, 4.69) is 30.0 Å². The Balaban J connectivity index is 1.32. The Morgan fingerprint density at radius 3 is 2.88 bits per heavy atom. The van der Waals surface area contributed by atoms with Gasteiger partial charge in [0.15, 0.2) is 5.03 Å². The van der Waals surface area contributed by atoms with E-state index in [4.69, 9.17) is 9.68 Å². The highest BCUT2D eigenvalue weighted by atomic mass is 32.2. The second-order valence-corrected chi connectivity index (χ2v) is 9.57. The number of anilines is 1. The molecule has 4 heterocycles. The summed E-state index contributed by atoms with van der Waals surface area (Å²) in [5.41, 5.74) is 3.45. The van der Waals surface area contributed by atoms with Gasteiger partial charge in [-0.15, -0.1) is 0 Å². The van der Waals surface area contributed by atoms with E-state index < -0.39 is 10.0 Å². The van der Waals surface area contributed by atoms with Gasteiger partial charge in [-0.05, 0) is 37.5 Å². The summed E-state index contributed by atoms with van der Waals surface area (Å²) in [6, 6.07) is 6.41. The summed E-state index contributed by atoms with van der Waals surface area (Å²) < 4.78 is 33.6. The average Bonchev–Trinajstić information content (AvgIpc) is 3.47. The van der Waals surface area contributed by atoms with Crippen molar-refractivity contribution in [3.8, 4) is 17.5 Å². The van der Waals surface area contributed by atoms with Crippen molar-refractivity contribution < 1.29 is 12.8 Å². The van der Waals surface area contributed by atoms with E-state index in [0.717, 1.165) is 34.4 Å². The molecule has 0 aromatic carbocycles. The molecule has 0 atom stereocenters. The number of rotatable bonds is 7. The lowest BCUT2D eigenvalue weighted by Crippen LogP contribution is -2.49. The average molecular weight is 464 g/mol. The molecule has 0 spiro atoms. The standard InChI is InChI=1S/C22H21N7O3S/c1-2-14-12-32-22(28-14)18-11-26-21-17(4-6-25-21)20(18)27-15-8-16(9-15)29-33(30,31)19-7-13(10-23)3-5-24-19/h3-7,11-12,15-16,29H,2,8-9H2,1H3,(H2,25,26,27). The lowest BCUT2D eigenvalue weighted by molar-refractivity contribution is 0.346. The van der Waals surface area contributed by atoms with Gasteiger partial charge in [0.1, 0.15) is 11.9 Å². The van der Waals surface area contributed by atoms with Crippen molar-refractivity contribution in [2.45, 2.75) is 43.3 Å². The van der Waals surface area contributed by atoms with Crippen LogP contribution in [0.2, 0.25) is 0 Å². The van der Waals surface area contributed by atoms with Crippen LogP contribution in [0.5, 0.6) is 0 Å². The Morgan fingerprint density at radius 2 is 2.12 bits per heavy atom. The molecule has 0 saturated heterocycles. The molecule has 0 aliphatic heterocycles. The molecule has 1 fully saturated rings. The van der Waals surface area contributed by atoms with Gasteiger partial charge in [-0.3, -0.25) is 0 Å². The van der Waals surface area contributed by atoms with Gasteiger partial charge in [0.25, 0.3) is 10.0 Å². The molecular formula is C22H21N7O3S. The number of nitrogens with one attached hydrogen (secondary N) is 3. The molecule has 0 amide bonds. The number of aryl methyl sites for hydroxylation is 1. The zero-order valence-electron chi connectivity index (χ0n) is 17.7. The molecule has 0 radical (unpaired) electrons. The first-order valence-electron chi connectivity index (χ1n) is 10.5. The number of H-pyrrole nitrogens is 1. The SMILES string of the molecule is CCc1coc(-c2cnc3[nH]ccc3c2NC2CC(NS(=O)(=O)c3cc(C#N)ccn3)C2)n1. The monoisotopic (exact) mass is 463 g/mol. The number of sulfonamides is 1. The second kappa shape index (κ2) is 8.31. The Morgan fingerprint density at radius 1 is 1.27 bits per heavy atom. The molecule has 1 aliphatic carbocycles. The molecule has 0 bridgehead atoms. The van der Waals surface area contributed by atoms with Gasteiger partial charge in [-0.2, -0.15) is 5.26 Å². The van der Waals surface area contributed by atoms with Gasteiger partial charge in [0.05, 0.1) is 28.6 Å². The number of fused-ring (bicyclic) bond motifs is 1. The third-order valence-corrected chi connectivity index (χ3v) is 7.10. The van der Waals surface area contributed by atoms with Crippen LogP contribution < -0.4 is 10.0 Å². The highest BCUT2D eigenvalue weighted by Gasteiger charge is 2.34. The number of hydrogen-bond donors (Lipinski definition) is 3. The highest BCUT2D eigenvalue weighted by molar-refractivity contribution is 7.89. The van der Waals surface area contributed by atoms with Crippen molar-refractivity contribution in [3.05, 3.63) is 54.3 Å². The van der Waals surface area contributed by atoms with Crippen LogP contribution >= 0.6 is 0 Å². The fourth-order valence-corrected chi connectivity index (χ4v) is 5.09. The molecule has 1 saturated carbocycles. The maximum atomic E-state index is 12.6. The van der Waals surface area contributed by atoms with Gasteiger partial charge in [-0.25, -0.2) is 28.1 Å². The molecule has 1 aliphatic rings. The largest absolute Gasteiger partial charge is 0.444 e. The lowest BCUT2D eigenvalue weighted by atomic mass is 9.87. The smallest absolute Gasteiger partial charge is 0.258 e. The van der Waals surface area contributed by atoms with Crippen LogP contribution in [-0.4, -0.2) is 40.4 Å². The van der Waals surface area contributed by atoms with E-state index >= 15 is 0 Å². The van der Waals surface area contributed by atoms with Gasteiger partial charge in [0.2, 0.25) is 5.89 Å². The molecule has 11 heteroatoms. The number of nitrogens with zero attached hydrogens (tertiary/aromatic N) is 4. The zero-order chi connectivity index (χ0) is 23.0. The summed E-state index contributed by atoms with van der Waals surface area (Å²) in [5, 5.41) is 13.3. The Bertz CT molecular complexity index is 1460. The number of hydrogen-bond acceptors (Lipinski definition) is 8. The summed E-state index contributed by atoms with van der Waals surface area (Å²) in [5.74, 6) is 0.491. The lowest BCUT2D eigenvalue weighted by Gasteiger charge is -2.37. The van der Waals surface area contributed by atoms with Crippen LogP contribution in [0.3, 0.4) is 0 Å². The highest BCUT2D eigenvalue weighted by Crippen LogP contribution is 2.36. The number of oxazole rings is 1. The molecule has 4 aromatic rings. The van der Waals surface area contributed by atoms with Crippen molar-refractivity contribution in [1.82, 2.24) is 24.7 Å². The predicted octanol–water partition coefficient (Wildman–Crippen LogP) is 2.97. The first-order chi connectivity index (χ1) is 16.0. The minimum Gasteiger partial charge on any atom is -0.444 e. The van der Waals surface area contributed by atoms with E-state index in [0.29, 0.717) is 18.7 Å². The van der Waals surface area contributed by atoms with Crippen LogP contribution in [-0.2, 0) is 16.4 Å². The van der Waals surface area contributed by atoms with Gasteiger partial charge >= 0.3 is 0 Å². The van der Waals surface area contributed by atoms with E-state index in [9.17, 15) is 8.42 Å². The molecule has 0 unspecified atom stereocenters. The Kier molecular flexibility index (Phi) is 5.32. The van der Waals surface area contributed by atoms with Crippen molar-refractivity contribution in [2.24, 2.45) is 0 Å². The van der Waals surface area contributed by atoms with E-state index in [1.807, 2.05) is 25.3 Å². The normalized spacial score (nSPS) is 18.1. The van der Waals surface area contributed by atoms with E-state index in [-0.39, 0.29) is 22.7 Å². The fourth-order valence-electron chi connectivity index (χ4n) is 3.86. The molecule has 3 N–H and O–H groups in total. The Labute approximate surface area is 190 Å². The molecule has 168 valence electrons. The summed E-state index contributed by atoms with van der Waals surface area (Å²) >= 11 is 0. The van der Waals surface area contributed by atoms with Crippen molar-refractivity contribution in [2.75, 3.05) is 5.32 Å². The second-order valence-electron chi connectivity index (χ2n) is 7.91. The zero-order valence-corrected chi connectivity index (χ0v) is 18.6. The van der Waals surface area contributed by atoms with Crippen molar-refractivity contribution >= 4 is 26.7 Å². The summed E-state index contributed by atoms with van der Waals surface area (Å²) in [6.45, 7) is 2.01. The van der Waals surface area contributed by atoms with Crippen LogP contribution in [0.4, 0.5) is 5.69 Å². The number of nitriles is 1. The van der Waals surface area contributed by atoms with Crippen molar-refractivity contribution in [1.29, 1.82) is 5.26 Å². The van der Waals surface area contributed by atoms with Gasteiger partial charge in [0, 0.05) is 36.1 Å². The molecule has 5 rings (SSSR count). The van der Waals surface area contributed by atoms with Crippen LogP contribution in [0.1, 0.15) is 31.0 Å². The molecule has 10 nitrogen and oxygen atoms in total. The molecule has 33 heavy (non-hydrogen) atoms. The number of aromatic nitrogens is 4. The van der Waals surface area contributed by atoms with Gasteiger partial charge < -0.3 is 14.7 Å². The first kappa shape index (κ1) is 21.1. The van der Waals surface area contributed by atoms with Crippen LogP contribution in [0.15, 0.2) is 52.5 Å². The molecular weight excluding hydrogens is 442 g/mol. The molecule has 4 aromatic heterocycles. The summed E-state index contributed by atoms with van der Waals surface area (Å²) in [7, 11) is -3.81. The third-order valence-electron chi connectivity index (χ3n) is 5.68. The quantitative estimate of drug-likeness (QED) is 0.379. The summed E-state index contributed by atoms with van der Waals surface area (Å²) in [4.78, 5) is 16.0. The summed E-state index contributed by atoms with van der Waals surface area (Å²) in [6.07, 6.45) is 8.46. The van der Waals surface area contributed by atoms with E-state index in [1.165, 1.54) is 18.3 Å². The first-order valence-corrected chi connectivity index (χ1v) is 12.0. The topological polar surface area (TPSA) is 150 Å². The maximum absolute atomic E-state index is 12.6. The van der Waals surface area contributed by atoms with Crippen LogP contribution in [0.25, 0.3) is 22.5 Å². The third kappa shape index (κ3) is 4.06.